The minimum Gasteiger partial charge on any atom is -0.465 e. The van der Waals surface area contributed by atoms with E-state index < -0.39 is 0 Å². The van der Waals surface area contributed by atoms with Gasteiger partial charge in [0.05, 0.1) is 12.7 Å². The Morgan fingerprint density at radius 2 is 2.07 bits per heavy atom. The maximum Gasteiger partial charge on any atom is 0.338 e. The van der Waals surface area contributed by atoms with Crippen molar-refractivity contribution in [2.45, 2.75) is 26.4 Å². The molecule has 0 unspecified atom stereocenters. The van der Waals surface area contributed by atoms with Gasteiger partial charge in [0.2, 0.25) is 0 Å². The van der Waals surface area contributed by atoms with Gasteiger partial charge in [0.25, 0.3) is 0 Å². The van der Waals surface area contributed by atoms with Crippen LogP contribution in [0.4, 0.5) is 0 Å². The zero-order valence-electron chi connectivity index (χ0n) is 9.41. The molecular weight excluding hydrogens is 190 g/mol. The van der Waals surface area contributed by atoms with E-state index >= 15 is 0 Å². The van der Waals surface area contributed by atoms with Crippen molar-refractivity contribution < 1.29 is 9.53 Å². The fourth-order valence-electron chi connectivity index (χ4n) is 1.30. The molecule has 0 amide bonds. The van der Waals surface area contributed by atoms with Crippen molar-refractivity contribution in [3.63, 3.8) is 0 Å². The monoisotopic (exact) mass is 207 g/mol. The number of benzene rings is 1. The third-order valence-electron chi connectivity index (χ3n) is 2.12. The highest BCUT2D eigenvalue weighted by Gasteiger charge is 2.10. The van der Waals surface area contributed by atoms with Crippen LogP contribution in [0.3, 0.4) is 0 Å². The molecule has 1 aromatic rings. The number of carbonyl (C=O) groups is 1. The van der Waals surface area contributed by atoms with E-state index in [2.05, 4.69) is 19.2 Å². The van der Waals surface area contributed by atoms with Crippen molar-refractivity contribution in [2.75, 3.05) is 7.11 Å². The molecule has 0 aromatic heterocycles. The topological polar surface area (TPSA) is 38.3 Å². The van der Waals surface area contributed by atoms with E-state index in [1.54, 1.807) is 6.07 Å². The highest BCUT2D eigenvalue weighted by Crippen LogP contribution is 2.09. The van der Waals surface area contributed by atoms with Gasteiger partial charge in [-0.1, -0.05) is 32.0 Å². The van der Waals surface area contributed by atoms with Crippen LogP contribution in [0.25, 0.3) is 0 Å². The van der Waals surface area contributed by atoms with Gasteiger partial charge in [0.1, 0.15) is 0 Å². The Morgan fingerprint density at radius 1 is 1.40 bits per heavy atom. The number of hydrogen-bond acceptors (Lipinski definition) is 3. The summed E-state index contributed by atoms with van der Waals surface area (Å²) in [4.78, 5) is 11.4. The molecule has 15 heavy (non-hydrogen) atoms. The molecule has 0 aliphatic rings. The molecule has 0 saturated carbocycles. The Labute approximate surface area is 90.4 Å². The molecule has 3 nitrogen and oxygen atoms in total. The highest BCUT2D eigenvalue weighted by molar-refractivity contribution is 5.90. The summed E-state index contributed by atoms with van der Waals surface area (Å²) in [5, 5.41) is 3.27. The number of nitrogens with one attached hydrogen (secondary N) is 1. The second-order valence-electron chi connectivity index (χ2n) is 3.68. The molecule has 0 heterocycles. The van der Waals surface area contributed by atoms with E-state index in [0.717, 1.165) is 5.56 Å². The number of methoxy groups -OCH3 is 1. The molecule has 0 bridgehead atoms. The average Bonchev–Trinajstić information content (AvgIpc) is 2.25. The lowest BCUT2D eigenvalue weighted by molar-refractivity contribution is 0.0599. The van der Waals surface area contributed by atoms with Crippen molar-refractivity contribution in [2.24, 2.45) is 0 Å². The van der Waals surface area contributed by atoms with Gasteiger partial charge in [0.15, 0.2) is 0 Å². The number of ether oxygens (including phenoxy) is 1. The lowest BCUT2D eigenvalue weighted by Crippen LogP contribution is -2.23. The summed E-state index contributed by atoms with van der Waals surface area (Å²) >= 11 is 0. The van der Waals surface area contributed by atoms with Gasteiger partial charge >= 0.3 is 5.97 Å². The number of rotatable bonds is 4. The van der Waals surface area contributed by atoms with Crippen molar-refractivity contribution in [1.29, 1.82) is 0 Å². The summed E-state index contributed by atoms with van der Waals surface area (Å²) in [5.41, 5.74) is 1.60. The number of esters is 1. The zero-order valence-corrected chi connectivity index (χ0v) is 9.41. The van der Waals surface area contributed by atoms with E-state index in [0.29, 0.717) is 18.2 Å². The van der Waals surface area contributed by atoms with Gasteiger partial charge in [-0.15, -0.1) is 0 Å². The van der Waals surface area contributed by atoms with Crippen molar-refractivity contribution >= 4 is 5.97 Å². The molecule has 1 rings (SSSR count). The Morgan fingerprint density at radius 3 is 2.67 bits per heavy atom. The first-order valence-electron chi connectivity index (χ1n) is 5.04. The number of hydrogen-bond donors (Lipinski definition) is 1. The average molecular weight is 207 g/mol. The summed E-state index contributed by atoms with van der Waals surface area (Å²) in [6.45, 7) is 4.82. The summed E-state index contributed by atoms with van der Waals surface area (Å²) < 4.78 is 4.72. The third-order valence-corrected chi connectivity index (χ3v) is 2.12. The first-order chi connectivity index (χ1) is 7.15. The molecular formula is C12H17NO2. The predicted molar refractivity (Wildman–Crippen MR) is 59.8 cm³/mol. The normalized spacial score (nSPS) is 10.4. The molecule has 3 heteroatoms. The van der Waals surface area contributed by atoms with Crippen molar-refractivity contribution in [3.05, 3.63) is 35.4 Å². The van der Waals surface area contributed by atoms with E-state index in [1.807, 2.05) is 18.2 Å². The quantitative estimate of drug-likeness (QED) is 0.767. The third kappa shape index (κ3) is 3.36. The molecule has 1 aromatic carbocycles. The molecule has 0 aliphatic carbocycles. The molecule has 0 aliphatic heterocycles. The molecule has 0 atom stereocenters. The summed E-state index contributed by atoms with van der Waals surface area (Å²) in [7, 11) is 1.40. The standard InChI is InChI=1S/C12H17NO2/c1-9(2)13-8-10-6-4-5-7-11(10)12(14)15-3/h4-7,9,13H,8H2,1-3H3. The smallest absolute Gasteiger partial charge is 0.338 e. The molecule has 1 N–H and O–H groups in total. The minimum atomic E-state index is -0.281. The van der Waals surface area contributed by atoms with Crippen LogP contribution in [-0.4, -0.2) is 19.1 Å². The van der Waals surface area contributed by atoms with Crippen LogP contribution in [-0.2, 0) is 11.3 Å². The van der Waals surface area contributed by atoms with E-state index in [-0.39, 0.29) is 5.97 Å². The molecule has 0 spiro atoms. The Balaban J connectivity index is 2.81. The SMILES string of the molecule is COC(=O)c1ccccc1CNC(C)C. The highest BCUT2D eigenvalue weighted by atomic mass is 16.5. The Hall–Kier alpha value is -1.35. The lowest BCUT2D eigenvalue weighted by Gasteiger charge is -2.11. The maximum absolute atomic E-state index is 11.4. The second kappa shape index (κ2) is 5.51. The van der Waals surface area contributed by atoms with Crippen LogP contribution < -0.4 is 5.32 Å². The lowest BCUT2D eigenvalue weighted by atomic mass is 10.1. The number of carbonyl (C=O) groups excluding carboxylic acids is 1. The molecule has 82 valence electrons. The first-order valence-corrected chi connectivity index (χ1v) is 5.04. The molecule has 0 fully saturated rings. The van der Waals surface area contributed by atoms with Gasteiger partial charge in [-0.2, -0.15) is 0 Å². The maximum atomic E-state index is 11.4. The fraction of sp³-hybridized carbons (Fsp3) is 0.417. The van der Waals surface area contributed by atoms with E-state index in [9.17, 15) is 4.79 Å². The minimum absolute atomic E-state index is 0.281. The fourth-order valence-corrected chi connectivity index (χ4v) is 1.30. The van der Waals surface area contributed by atoms with Gasteiger partial charge < -0.3 is 10.1 Å². The largest absolute Gasteiger partial charge is 0.465 e. The van der Waals surface area contributed by atoms with Crippen molar-refractivity contribution in [3.8, 4) is 0 Å². The summed E-state index contributed by atoms with van der Waals surface area (Å²) in [5.74, 6) is -0.281. The zero-order chi connectivity index (χ0) is 11.3. The Kier molecular flexibility index (Phi) is 4.31. The van der Waals surface area contributed by atoms with Crippen LogP contribution >= 0.6 is 0 Å². The van der Waals surface area contributed by atoms with Gasteiger partial charge in [-0.05, 0) is 11.6 Å². The predicted octanol–water partition coefficient (Wildman–Crippen LogP) is 1.97. The second-order valence-corrected chi connectivity index (χ2v) is 3.68. The van der Waals surface area contributed by atoms with Crippen LogP contribution in [0.1, 0.15) is 29.8 Å². The van der Waals surface area contributed by atoms with Crippen LogP contribution in [0, 0.1) is 0 Å². The van der Waals surface area contributed by atoms with Crippen molar-refractivity contribution in [1.82, 2.24) is 5.32 Å². The van der Waals surface area contributed by atoms with Crippen LogP contribution in [0.15, 0.2) is 24.3 Å². The Bertz CT molecular complexity index is 334. The van der Waals surface area contributed by atoms with Gasteiger partial charge in [-0.3, -0.25) is 0 Å². The first kappa shape index (κ1) is 11.7. The van der Waals surface area contributed by atoms with Crippen LogP contribution in [0.2, 0.25) is 0 Å². The summed E-state index contributed by atoms with van der Waals surface area (Å²) in [6.07, 6.45) is 0. The van der Waals surface area contributed by atoms with Crippen LogP contribution in [0.5, 0.6) is 0 Å². The van der Waals surface area contributed by atoms with E-state index in [1.165, 1.54) is 7.11 Å². The van der Waals surface area contributed by atoms with E-state index in [4.69, 9.17) is 4.74 Å². The van der Waals surface area contributed by atoms with Gasteiger partial charge in [-0.25, -0.2) is 4.79 Å². The molecule has 0 radical (unpaired) electrons. The molecule has 0 saturated heterocycles. The summed E-state index contributed by atoms with van der Waals surface area (Å²) in [6, 6.07) is 7.87. The van der Waals surface area contributed by atoms with Gasteiger partial charge in [0, 0.05) is 12.6 Å².